The highest BCUT2D eigenvalue weighted by Crippen LogP contribution is 2.35. The summed E-state index contributed by atoms with van der Waals surface area (Å²) in [6, 6.07) is 13.2. The molecule has 1 saturated heterocycles. The van der Waals surface area contributed by atoms with Crippen molar-refractivity contribution < 1.29 is 9.53 Å². The number of hydrogen-bond donors (Lipinski definition) is 1. The number of piperidine rings is 1. The molecule has 0 aliphatic carbocycles. The van der Waals surface area contributed by atoms with E-state index in [9.17, 15) is 4.79 Å². The Labute approximate surface area is 164 Å². The topological polar surface area (TPSA) is 41.6 Å². The van der Waals surface area contributed by atoms with Crippen molar-refractivity contribution >= 4 is 29.1 Å². The number of likely N-dealkylation sites (N-methyl/N-ethyl adjacent to an activating group) is 1. The SMILES string of the molecule is COc1cc(Cl)cc(Cl)c1C(=O)NC1(c2ccccc2)CCCN(C)C1. The molecule has 4 nitrogen and oxygen atoms in total. The van der Waals surface area contributed by atoms with Gasteiger partial charge in [0.1, 0.15) is 11.3 Å². The van der Waals surface area contributed by atoms with Crippen molar-refractivity contribution in [1.29, 1.82) is 0 Å². The fourth-order valence-corrected chi connectivity index (χ4v) is 4.21. The smallest absolute Gasteiger partial charge is 0.257 e. The van der Waals surface area contributed by atoms with Gasteiger partial charge in [0.05, 0.1) is 17.7 Å². The summed E-state index contributed by atoms with van der Waals surface area (Å²) in [5.41, 5.74) is 0.922. The fraction of sp³-hybridized carbons (Fsp3) is 0.350. The molecular formula is C20H22Cl2N2O2. The molecular weight excluding hydrogens is 371 g/mol. The first-order valence-electron chi connectivity index (χ1n) is 8.55. The fourth-order valence-electron chi connectivity index (χ4n) is 3.65. The van der Waals surface area contributed by atoms with Gasteiger partial charge in [0.25, 0.3) is 5.91 Å². The Morgan fingerprint density at radius 1 is 1.23 bits per heavy atom. The van der Waals surface area contributed by atoms with Gasteiger partial charge in [0.2, 0.25) is 0 Å². The molecule has 3 rings (SSSR count). The third-order valence-electron chi connectivity index (χ3n) is 4.83. The molecule has 0 aromatic heterocycles. The minimum atomic E-state index is -0.473. The van der Waals surface area contributed by atoms with Crippen LogP contribution in [-0.2, 0) is 5.54 Å². The monoisotopic (exact) mass is 392 g/mol. The lowest BCUT2D eigenvalue weighted by molar-refractivity contribution is 0.0805. The summed E-state index contributed by atoms with van der Waals surface area (Å²) < 4.78 is 5.34. The molecule has 2 aromatic carbocycles. The first-order valence-corrected chi connectivity index (χ1v) is 9.30. The van der Waals surface area contributed by atoms with E-state index < -0.39 is 5.54 Å². The van der Waals surface area contributed by atoms with E-state index in [1.165, 1.54) is 7.11 Å². The maximum absolute atomic E-state index is 13.2. The van der Waals surface area contributed by atoms with Crippen LogP contribution in [-0.4, -0.2) is 38.1 Å². The Morgan fingerprint density at radius 2 is 1.96 bits per heavy atom. The van der Waals surface area contributed by atoms with Crippen LogP contribution in [0.1, 0.15) is 28.8 Å². The summed E-state index contributed by atoms with van der Waals surface area (Å²) >= 11 is 12.3. The number of methoxy groups -OCH3 is 1. The second-order valence-electron chi connectivity index (χ2n) is 6.71. The van der Waals surface area contributed by atoms with E-state index in [0.717, 1.165) is 31.5 Å². The summed E-state index contributed by atoms with van der Waals surface area (Å²) in [7, 11) is 3.57. The molecule has 0 bridgehead atoms. The first kappa shape index (κ1) is 19.0. The maximum atomic E-state index is 13.2. The van der Waals surface area contributed by atoms with Gasteiger partial charge in [0, 0.05) is 11.6 Å². The maximum Gasteiger partial charge on any atom is 0.257 e. The second kappa shape index (κ2) is 7.87. The van der Waals surface area contributed by atoms with E-state index in [-0.39, 0.29) is 10.9 Å². The number of halogens is 2. The van der Waals surface area contributed by atoms with Crippen molar-refractivity contribution in [2.75, 3.05) is 27.2 Å². The van der Waals surface area contributed by atoms with Crippen LogP contribution in [0.25, 0.3) is 0 Å². The zero-order valence-electron chi connectivity index (χ0n) is 14.9. The minimum Gasteiger partial charge on any atom is -0.496 e. The lowest BCUT2D eigenvalue weighted by Crippen LogP contribution is -2.55. The number of nitrogens with one attached hydrogen (secondary N) is 1. The third kappa shape index (κ3) is 3.83. The molecule has 26 heavy (non-hydrogen) atoms. The summed E-state index contributed by atoms with van der Waals surface area (Å²) in [6.45, 7) is 1.74. The van der Waals surface area contributed by atoms with E-state index in [1.54, 1.807) is 12.1 Å². The number of nitrogens with zero attached hydrogens (tertiary/aromatic N) is 1. The molecule has 2 aromatic rings. The van der Waals surface area contributed by atoms with E-state index in [0.29, 0.717) is 16.3 Å². The largest absolute Gasteiger partial charge is 0.496 e. The predicted octanol–water partition coefficient (Wildman–Crippen LogP) is 4.35. The highest BCUT2D eigenvalue weighted by Gasteiger charge is 2.38. The third-order valence-corrected chi connectivity index (χ3v) is 5.34. The zero-order chi connectivity index (χ0) is 18.7. The highest BCUT2D eigenvalue weighted by molar-refractivity contribution is 6.37. The number of hydrogen-bond acceptors (Lipinski definition) is 3. The summed E-state index contributed by atoms with van der Waals surface area (Å²) in [4.78, 5) is 15.4. The number of carbonyl (C=O) groups is 1. The Bertz CT molecular complexity index is 798. The normalized spacial score (nSPS) is 20.6. The Morgan fingerprint density at radius 3 is 2.62 bits per heavy atom. The van der Waals surface area contributed by atoms with Crippen molar-refractivity contribution in [1.82, 2.24) is 10.2 Å². The van der Waals surface area contributed by atoms with Crippen LogP contribution in [0, 0.1) is 0 Å². The molecule has 0 radical (unpaired) electrons. The Kier molecular flexibility index (Phi) is 5.76. The molecule has 1 fully saturated rings. The molecule has 0 saturated carbocycles. The van der Waals surface area contributed by atoms with E-state index in [1.807, 2.05) is 18.2 Å². The minimum absolute atomic E-state index is 0.261. The van der Waals surface area contributed by atoms with Crippen molar-refractivity contribution in [3.05, 3.63) is 63.6 Å². The Balaban J connectivity index is 1.99. The van der Waals surface area contributed by atoms with Gasteiger partial charge in [-0.05, 0) is 44.1 Å². The zero-order valence-corrected chi connectivity index (χ0v) is 16.4. The summed E-state index contributed by atoms with van der Waals surface area (Å²) in [5.74, 6) is 0.107. The average Bonchev–Trinajstić information content (AvgIpc) is 2.61. The van der Waals surface area contributed by atoms with Gasteiger partial charge >= 0.3 is 0 Å². The van der Waals surface area contributed by atoms with Crippen LogP contribution in [0.5, 0.6) is 5.75 Å². The van der Waals surface area contributed by atoms with Gasteiger partial charge < -0.3 is 15.0 Å². The molecule has 1 atom stereocenters. The number of rotatable bonds is 4. The van der Waals surface area contributed by atoms with Gasteiger partial charge in [-0.1, -0.05) is 53.5 Å². The van der Waals surface area contributed by atoms with Crippen LogP contribution >= 0.6 is 23.2 Å². The number of benzene rings is 2. The van der Waals surface area contributed by atoms with Gasteiger partial charge in [0.15, 0.2) is 0 Å². The van der Waals surface area contributed by atoms with Crippen LogP contribution in [0.3, 0.4) is 0 Å². The average molecular weight is 393 g/mol. The van der Waals surface area contributed by atoms with Gasteiger partial charge in [-0.15, -0.1) is 0 Å². The van der Waals surface area contributed by atoms with E-state index in [2.05, 4.69) is 29.4 Å². The second-order valence-corrected chi connectivity index (χ2v) is 7.55. The molecule has 0 spiro atoms. The number of likely N-dealkylation sites (tertiary alicyclic amines) is 1. The van der Waals surface area contributed by atoms with Crippen molar-refractivity contribution in [3.8, 4) is 5.75 Å². The molecule has 1 heterocycles. The molecule has 6 heteroatoms. The molecule has 1 amide bonds. The highest BCUT2D eigenvalue weighted by atomic mass is 35.5. The van der Waals surface area contributed by atoms with E-state index >= 15 is 0 Å². The molecule has 1 aliphatic heterocycles. The Hall–Kier alpha value is -1.75. The predicted molar refractivity (Wildman–Crippen MR) is 105 cm³/mol. The molecule has 1 N–H and O–H groups in total. The molecule has 1 aliphatic rings. The first-order chi connectivity index (χ1) is 12.4. The van der Waals surface area contributed by atoms with Crippen LogP contribution in [0.15, 0.2) is 42.5 Å². The van der Waals surface area contributed by atoms with Crippen LogP contribution < -0.4 is 10.1 Å². The van der Waals surface area contributed by atoms with Crippen LogP contribution in [0.2, 0.25) is 10.0 Å². The number of amides is 1. The lowest BCUT2D eigenvalue weighted by atomic mass is 9.82. The quantitative estimate of drug-likeness (QED) is 0.840. The van der Waals surface area contributed by atoms with Gasteiger partial charge in [-0.3, -0.25) is 4.79 Å². The number of ether oxygens (including phenoxy) is 1. The van der Waals surface area contributed by atoms with Crippen LogP contribution in [0.4, 0.5) is 0 Å². The van der Waals surface area contributed by atoms with Crippen molar-refractivity contribution in [2.24, 2.45) is 0 Å². The molecule has 138 valence electrons. The van der Waals surface area contributed by atoms with E-state index in [4.69, 9.17) is 27.9 Å². The van der Waals surface area contributed by atoms with Crippen molar-refractivity contribution in [2.45, 2.75) is 18.4 Å². The van der Waals surface area contributed by atoms with Gasteiger partial charge in [-0.25, -0.2) is 0 Å². The standard InChI is InChI=1S/C20H22Cl2N2O2/c1-24-10-6-9-20(13-24,14-7-4-3-5-8-14)23-19(25)18-16(22)11-15(21)12-17(18)26-2/h3-5,7-8,11-12H,6,9-10,13H2,1-2H3,(H,23,25). The van der Waals surface area contributed by atoms with Crippen molar-refractivity contribution in [3.63, 3.8) is 0 Å². The summed E-state index contributed by atoms with van der Waals surface area (Å²) in [5, 5.41) is 3.95. The molecule has 1 unspecified atom stereocenters. The lowest BCUT2D eigenvalue weighted by Gasteiger charge is -2.42. The summed E-state index contributed by atoms with van der Waals surface area (Å²) in [6.07, 6.45) is 1.86. The van der Waals surface area contributed by atoms with Gasteiger partial charge in [-0.2, -0.15) is 0 Å². The number of carbonyl (C=O) groups excluding carboxylic acids is 1.